The highest BCUT2D eigenvalue weighted by molar-refractivity contribution is 7.92. The topological polar surface area (TPSA) is 75.7 Å². The first kappa shape index (κ1) is 23.2. The van der Waals surface area contributed by atoms with E-state index < -0.39 is 15.9 Å². The van der Waals surface area contributed by atoms with E-state index in [9.17, 15) is 13.2 Å². The molecule has 0 spiro atoms. The van der Waals surface area contributed by atoms with E-state index in [-0.39, 0.29) is 13.1 Å². The standard InChI is InChI=1S/C25H26N2O4S/c1-2-31-24-16-10-9-15-23(24)26-25(28)20-27(19-22-13-7-4-8-14-22)32(29,30)18-17-21-11-5-3-6-12-21/h3-18H,2,19-20H2,1H3,(H,26,28)/b18-17+. The summed E-state index contributed by atoms with van der Waals surface area (Å²) in [5, 5.41) is 3.89. The number of sulfonamides is 1. The highest BCUT2D eigenvalue weighted by atomic mass is 32.2. The van der Waals surface area contributed by atoms with Gasteiger partial charge in [0.25, 0.3) is 0 Å². The number of anilines is 1. The molecule has 6 nitrogen and oxygen atoms in total. The molecule has 0 radical (unpaired) electrons. The summed E-state index contributed by atoms with van der Waals surface area (Å²) in [5.41, 5.74) is 2.04. The van der Waals surface area contributed by atoms with Crippen molar-refractivity contribution in [2.24, 2.45) is 0 Å². The minimum atomic E-state index is -3.87. The second-order valence-electron chi connectivity index (χ2n) is 6.99. The quantitative estimate of drug-likeness (QED) is 0.493. The lowest BCUT2D eigenvalue weighted by molar-refractivity contribution is -0.116. The van der Waals surface area contributed by atoms with Crippen LogP contribution in [0.3, 0.4) is 0 Å². The van der Waals surface area contributed by atoms with E-state index in [2.05, 4.69) is 5.32 Å². The van der Waals surface area contributed by atoms with Crippen LogP contribution >= 0.6 is 0 Å². The van der Waals surface area contributed by atoms with E-state index in [0.29, 0.717) is 18.0 Å². The fraction of sp³-hybridized carbons (Fsp3) is 0.160. The van der Waals surface area contributed by atoms with Gasteiger partial charge in [0.2, 0.25) is 15.9 Å². The van der Waals surface area contributed by atoms with Crippen LogP contribution in [0.1, 0.15) is 18.1 Å². The van der Waals surface area contributed by atoms with E-state index in [1.54, 1.807) is 24.3 Å². The lowest BCUT2D eigenvalue weighted by Gasteiger charge is -2.20. The minimum absolute atomic E-state index is 0.0723. The maximum Gasteiger partial charge on any atom is 0.239 e. The van der Waals surface area contributed by atoms with Crippen molar-refractivity contribution in [3.63, 3.8) is 0 Å². The number of carbonyl (C=O) groups is 1. The van der Waals surface area contributed by atoms with Crippen molar-refractivity contribution >= 4 is 27.7 Å². The molecule has 0 aliphatic rings. The summed E-state index contributed by atoms with van der Waals surface area (Å²) in [6, 6.07) is 25.4. The summed E-state index contributed by atoms with van der Waals surface area (Å²) in [7, 11) is -3.87. The molecule has 0 aliphatic carbocycles. The van der Waals surface area contributed by atoms with Crippen molar-refractivity contribution in [1.29, 1.82) is 0 Å². The van der Waals surface area contributed by atoms with Crippen LogP contribution in [0.2, 0.25) is 0 Å². The summed E-state index contributed by atoms with van der Waals surface area (Å²) < 4.78 is 32.9. The predicted octanol–water partition coefficient (Wildman–Crippen LogP) is 4.53. The molecule has 0 unspecified atom stereocenters. The van der Waals surface area contributed by atoms with Gasteiger partial charge in [-0.25, -0.2) is 8.42 Å². The van der Waals surface area contributed by atoms with Crippen molar-refractivity contribution < 1.29 is 17.9 Å². The Labute approximate surface area is 189 Å². The molecule has 166 valence electrons. The van der Waals surface area contributed by atoms with Crippen molar-refractivity contribution in [3.05, 3.63) is 101 Å². The molecule has 1 amide bonds. The van der Waals surface area contributed by atoms with Gasteiger partial charge in [0.1, 0.15) is 5.75 Å². The molecule has 0 saturated carbocycles. The van der Waals surface area contributed by atoms with Gasteiger partial charge in [-0.15, -0.1) is 0 Å². The number of hydrogen-bond acceptors (Lipinski definition) is 4. The number of ether oxygens (including phenoxy) is 1. The molecule has 3 aromatic rings. The third-order valence-electron chi connectivity index (χ3n) is 4.57. The van der Waals surface area contributed by atoms with E-state index in [0.717, 1.165) is 20.8 Å². The number of benzene rings is 3. The molecule has 0 aromatic heterocycles. The first-order chi connectivity index (χ1) is 15.5. The van der Waals surface area contributed by atoms with Gasteiger partial charge in [-0.3, -0.25) is 4.79 Å². The normalized spacial score (nSPS) is 11.6. The Morgan fingerprint density at radius 3 is 2.25 bits per heavy atom. The van der Waals surface area contributed by atoms with Gasteiger partial charge in [-0.2, -0.15) is 4.31 Å². The summed E-state index contributed by atoms with van der Waals surface area (Å²) in [6.45, 7) is 2.04. The molecule has 3 rings (SSSR count). The number of rotatable bonds is 10. The third-order valence-corrected chi connectivity index (χ3v) is 6.03. The van der Waals surface area contributed by atoms with Gasteiger partial charge in [0, 0.05) is 12.0 Å². The van der Waals surface area contributed by atoms with Crippen LogP contribution in [0.4, 0.5) is 5.69 Å². The van der Waals surface area contributed by atoms with E-state index in [1.165, 1.54) is 6.08 Å². The first-order valence-electron chi connectivity index (χ1n) is 10.3. The molecule has 0 saturated heterocycles. The van der Waals surface area contributed by atoms with Gasteiger partial charge < -0.3 is 10.1 Å². The van der Waals surface area contributed by atoms with Gasteiger partial charge in [-0.05, 0) is 36.3 Å². The van der Waals surface area contributed by atoms with E-state index in [4.69, 9.17) is 4.74 Å². The van der Waals surface area contributed by atoms with E-state index in [1.807, 2.05) is 67.6 Å². The van der Waals surface area contributed by atoms with Crippen LogP contribution in [0.15, 0.2) is 90.3 Å². The zero-order chi connectivity index (χ0) is 22.8. The smallest absolute Gasteiger partial charge is 0.239 e. The molecule has 1 N–H and O–H groups in total. The van der Waals surface area contributed by atoms with Gasteiger partial charge in [0.15, 0.2) is 0 Å². The van der Waals surface area contributed by atoms with Crippen molar-refractivity contribution in [1.82, 2.24) is 4.31 Å². The number of carbonyl (C=O) groups excluding carboxylic acids is 1. The second-order valence-corrected chi connectivity index (χ2v) is 8.81. The van der Waals surface area contributed by atoms with Crippen molar-refractivity contribution in [3.8, 4) is 5.75 Å². The molecule has 0 atom stereocenters. The predicted molar refractivity (Wildman–Crippen MR) is 127 cm³/mol. The number of hydrogen-bond donors (Lipinski definition) is 1. The molecule has 0 aliphatic heterocycles. The van der Waals surface area contributed by atoms with Gasteiger partial charge >= 0.3 is 0 Å². The van der Waals surface area contributed by atoms with Crippen LogP contribution in [0.5, 0.6) is 5.75 Å². The van der Waals surface area contributed by atoms with Crippen LogP contribution in [0, 0.1) is 0 Å². The Kier molecular flexibility index (Phi) is 8.19. The lowest BCUT2D eigenvalue weighted by atomic mass is 10.2. The Bertz CT molecular complexity index is 1150. The fourth-order valence-corrected chi connectivity index (χ4v) is 4.17. The monoisotopic (exact) mass is 450 g/mol. The highest BCUT2D eigenvalue weighted by Gasteiger charge is 2.23. The Hall–Kier alpha value is -3.42. The van der Waals surface area contributed by atoms with Gasteiger partial charge in [0.05, 0.1) is 18.8 Å². The SMILES string of the molecule is CCOc1ccccc1NC(=O)CN(Cc1ccccc1)S(=O)(=O)/C=C/c1ccccc1. The molecular weight excluding hydrogens is 424 g/mol. The average Bonchev–Trinajstić information content (AvgIpc) is 2.80. The molecule has 32 heavy (non-hydrogen) atoms. The Morgan fingerprint density at radius 2 is 1.56 bits per heavy atom. The van der Waals surface area contributed by atoms with Crippen LogP contribution in [0.25, 0.3) is 6.08 Å². The third kappa shape index (κ3) is 6.80. The molecule has 7 heteroatoms. The summed E-state index contributed by atoms with van der Waals surface area (Å²) in [5.74, 6) is 0.0783. The Balaban J connectivity index is 1.81. The minimum Gasteiger partial charge on any atom is -0.492 e. The maximum atomic E-state index is 13.1. The Morgan fingerprint density at radius 1 is 0.938 bits per heavy atom. The zero-order valence-corrected chi connectivity index (χ0v) is 18.7. The zero-order valence-electron chi connectivity index (χ0n) is 17.8. The second kappa shape index (κ2) is 11.3. The van der Waals surface area contributed by atoms with Crippen LogP contribution in [-0.2, 0) is 21.4 Å². The van der Waals surface area contributed by atoms with Gasteiger partial charge in [-0.1, -0.05) is 72.8 Å². The van der Waals surface area contributed by atoms with Crippen LogP contribution in [-0.4, -0.2) is 31.8 Å². The number of para-hydroxylation sites is 2. The molecule has 0 bridgehead atoms. The number of nitrogens with zero attached hydrogens (tertiary/aromatic N) is 1. The highest BCUT2D eigenvalue weighted by Crippen LogP contribution is 2.24. The van der Waals surface area contributed by atoms with Crippen molar-refractivity contribution in [2.45, 2.75) is 13.5 Å². The molecule has 0 fully saturated rings. The van der Waals surface area contributed by atoms with Crippen LogP contribution < -0.4 is 10.1 Å². The molecule has 0 heterocycles. The van der Waals surface area contributed by atoms with E-state index >= 15 is 0 Å². The summed E-state index contributed by atoms with van der Waals surface area (Å²) in [4.78, 5) is 12.8. The summed E-state index contributed by atoms with van der Waals surface area (Å²) >= 11 is 0. The van der Waals surface area contributed by atoms with Crippen molar-refractivity contribution in [2.75, 3.05) is 18.5 Å². The fourth-order valence-electron chi connectivity index (χ4n) is 3.04. The number of amides is 1. The molecule has 3 aromatic carbocycles. The largest absolute Gasteiger partial charge is 0.492 e. The average molecular weight is 451 g/mol. The maximum absolute atomic E-state index is 13.1. The first-order valence-corrected chi connectivity index (χ1v) is 11.8. The lowest BCUT2D eigenvalue weighted by Crippen LogP contribution is -2.36. The summed E-state index contributed by atoms with van der Waals surface area (Å²) in [6.07, 6.45) is 1.52. The number of nitrogens with one attached hydrogen (secondary N) is 1. The molecular formula is C25H26N2O4S.